The highest BCUT2D eigenvalue weighted by Crippen LogP contribution is 2.33. The van der Waals surface area contributed by atoms with Crippen LogP contribution in [0.25, 0.3) is 0 Å². The van der Waals surface area contributed by atoms with Gasteiger partial charge < -0.3 is 0 Å². The molecule has 0 aliphatic carbocycles. The van der Waals surface area contributed by atoms with E-state index in [0.29, 0.717) is 10.6 Å². The first-order valence-electron chi connectivity index (χ1n) is 7.18. The maximum atomic E-state index is 14.6. The Morgan fingerprint density at radius 1 is 1.14 bits per heavy atom. The summed E-state index contributed by atoms with van der Waals surface area (Å²) in [6.45, 7) is 5.49. The van der Waals surface area contributed by atoms with Crippen LogP contribution in [0, 0.1) is 12.7 Å². The van der Waals surface area contributed by atoms with Crippen molar-refractivity contribution >= 4 is 11.6 Å². The first-order valence-corrected chi connectivity index (χ1v) is 7.55. The number of aryl methyl sites for hydroxylation is 1. The number of rotatable bonds is 4. The van der Waals surface area contributed by atoms with Crippen LogP contribution in [0.1, 0.15) is 30.5 Å². The summed E-state index contributed by atoms with van der Waals surface area (Å²) in [6.07, 6.45) is 1.68. The van der Waals surface area contributed by atoms with Crippen molar-refractivity contribution in [3.05, 3.63) is 81.9 Å². The van der Waals surface area contributed by atoms with E-state index in [1.54, 1.807) is 38.1 Å². The Bertz CT molecular complexity index is 685. The van der Waals surface area contributed by atoms with E-state index in [0.717, 1.165) is 11.1 Å². The maximum Gasteiger partial charge on any atom is 0.126 e. The molecule has 0 aliphatic heterocycles. The standard InChI is InChI=1S/C19H19ClF2/c1-13-4-10-17(21)14(12-13)5-11-18(22)19(2,3)15-6-8-16(20)9-7-15/h4,6-12H,5H2,1-3H3. The number of hydrogen-bond acceptors (Lipinski definition) is 0. The molecule has 0 heterocycles. The molecule has 0 aliphatic rings. The molecule has 3 heteroatoms. The van der Waals surface area contributed by atoms with Gasteiger partial charge in [-0.2, -0.15) is 0 Å². The van der Waals surface area contributed by atoms with E-state index >= 15 is 0 Å². The molecule has 0 spiro atoms. The summed E-state index contributed by atoms with van der Waals surface area (Å²) >= 11 is 5.86. The van der Waals surface area contributed by atoms with Crippen LogP contribution in [0.5, 0.6) is 0 Å². The van der Waals surface area contributed by atoms with Crippen LogP contribution >= 0.6 is 11.6 Å². The minimum atomic E-state index is -0.773. The molecular formula is C19H19ClF2. The molecular weight excluding hydrogens is 302 g/mol. The van der Waals surface area contributed by atoms with Crippen molar-refractivity contribution in [3.63, 3.8) is 0 Å². The molecule has 0 aromatic heterocycles. The lowest BCUT2D eigenvalue weighted by Gasteiger charge is -2.23. The van der Waals surface area contributed by atoms with E-state index in [1.165, 1.54) is 12.1 Å². The average Bonchev–Trinajstić information content (AvgIpc) is 2.48. The summed E-state index contributed by atoms with van der Waals surface area (Å²) in [7, 11) is 0. The highest BCUT2D eigenvalue weighted by atomic mass is 35.5. The van der Waals surface area contributed by atoms with Crippen molar-refractivity contribution < 1.29 is 8.78 Å². The Labute approximate surface area is 135 Å². The van der Waals surface area contributed by atoms with Gasteiger partial charge in [-0.05, 0) is 62.6 Å². The number of allylic oxidation sites excluding steroid dienone is 2. The van der Waals surface area contributed by atoms with Crippen molar-refractivity contribution in [1.29, 1.82) is 0 Å². The first kappa shape index (κ1) is 16.7. The van der Waals surface area contributed by atoms with Crippen LogP contribution < -0.4 is 0 Å². The van der Waals surface area contributed by atoms with Gasteiger partial charge in [-0.15, -0.1) is 0 Å². The van der Waals surface area contributed by atoms with Gasteiger partial charge in [-0.25, -0.2) is 8.78 Å². The molecule has 0 radical (unpaired) electrons. The van der Waals surface area contributed by atoms with E-state index in [-0.39, 0.29) is 18.1 Å². The van der Waals surface area contributed by atoms with Crippen molar-refractivity contribution in [2.75, 3.05) is 0 Å². The molecule has 2 rings (SSSR count). The van der Waals surface area contributed by atoms with Gasteiger partial charge in [0, 0.05) is 10.4 Å². The van der Waals surface area contributed by atoms with E-state index in [2.05, 4.69) is 0 Å². The van der Waals surface area contributed by atoms with Gasteiger partial charge in [-0.1, -0.05) is 41.4 Å². The molecule has 0 atom stereocenters. The lowest BCUT2D eigenvalue weighted by molar-refractivity contribution is 0.454. The van der Waals surface area contributed by atoms with Crippen molar-refractivity contribution in [2.24, 2.45) is 0 Å². The number of hydrogen-bond donors (Lipinski definition) is 0. The minimum absolute atomic E-state index is 0.233. The van der Waals surface area contributed by atoms with Gasteiger partial charge in [0.15, 0.2) is 0 Å². The molecule has 116 valence electrons. The predicted octanol–water partition coefficient (Wildman–Crippen LogP) is 6.16. The molecule has 2 aromatic rings. The second-order valence-corrected chi connectivity index (χ2v) is 6.42. The fourth-order valence-corrected chi connectivity index (χ4v) is 2.45. The molecule has 0 saturated heterocycles. The summed E-state index contributed by atoms with van der Waals surface area (Å²) in [5.74, 6) is -0.588. The van der Waals surface area contributed by atoms with Crippen molar-refractivity contribution in [2.45, 2.75) is 32.6 Å². The molecule has 0 saturated carbocycles. The molecule has 0 unspecified atom stereocenters. The van der Waals surface area contributed by atoms with Crippen LogP contribution in [0.15, 0.2) is 54.4 Å². The lowest BCUT2D eigenvalue weighted by atomic mass is 9.83. The summed E-state index contributed by atoms with van der Waals surface area (Å²) in [5, 5.41) is 0.616. The van der Waals surface area contributed by atoms with Gasteiger partial charge >= 0.3 is 0 Å². The normalized spacial score (nSPS) is 12.5. The summed E-state index contributed by atoms with van der Waals surface area (Å²) in [4.78, 5) is 0. The SMILES string of the molecule is Cc1ccc(F)c(CC=C(F)C(C)(C)c2ccc(Cl)cc2)c1. The zero-order valence-electron chi connectivity index (χ0n) is 13.0. The second kappa shape index (κ2) is 6.62. The second-order valence-electron chi connectivity index (χ2n) is 5.98. The van der Waals surface area contributed by atoms with Gasteiger partial charge in [0.2, 0.25) is 0 Å². The average molecular weight is 321 g/mol. The fourth-order valence-electron chi connectivity index (χ4n) is 2.32. The van der Waals surface area contributed by atoms with Gasteiger partial charge in [0.05, 0.1) is 0 Å². The molecule has 0 bridgehead atoms. The largest absolute Gasteiger partial charge is 0.211 e. The zero-order valence-corrected chi connectivity index (χ0v) is 13.7. The Morgan fingerprint density at radius 3 is 2.41 bits per heavy atom. The third-order valence-electron chi connectivity index (χ3n) is 3.87. The quantitative estimate of drug-likeness (QED) is 0.632. The topological polar surface area (TPSA) is 0 Å². The molecule has 0 amide bonds. The Morgan fingerprint density at radius 2 is 1.77 bits per heavy atom. The van der Waals surface area contributed by atoms with E-state index < -0.39 is 5.41 Å². The fraction of sp³-hybridized carbons (Fsp3) is 0.263. The van der Waals surface area contributed by atoms with E-state index in [9.17, 15) is 8.78 Å². The smallest absolute Gasteiger partial charge is 0.126 e. The molecule has 22 heavy (non-hydrogen) atoms. The predicted molar refractivity (Wildman–Crippen MR) is 88.5 cm³/mol. The summed E-state index contributed by atoms with van der Waals surface area (Å²) in [5.41, 5.74) is 1.52. The molecule has 0 nitrogen and oxygen atoms in total. The van der Waals surface area contributed by atoms with Gasteiger partial charge in [0.1, 0.15) is 11.6 Å². The number of halogens is 3. The van der Waals surface area contributed by atoms with E-state index in [4.69, 9.17) is 11.6 Å². The Balaban J connectivity index is 2.23. The highest BCUT2D eigenvalue weighted by molar-refractivity contribution is 6.30. The van der Waals surface area contributed by atoms with Crippen LogP contribution in [-0.2, 0) is 11.8 Å². The van der Waals surface area contributed by atoms with Crippen LogP contribution in [-0.4, -0.2) is 0 Å². The Hall–Kier alpha value is -1.67. The molecule has 0 fully saturated rings. The third-order valence-corrected chi connectivity index (χ3v) is 4.12. The summed E-state index contributed by atoms with van der Waals surface area (Å²) in [6, 6.07) is 12.0. The zero-order chi connectivity index (χ0) is 16.3. The van der Waals surface area contributed by atoms with Gasteiger partial charge in [-0.3, -0.25) is 0 Å². The van der Waals surface area contributed by atoms with E-state index in [1.807, 2.05) is 19.1 Å². The van der Waals surface area contributed by atoms with Crippen LogP contribution in [0.2, 0.25) is 5.02 Å². The van der Waals surface area contributed by atoms with Crippen LogP contribution in [0.4, 0.5) is 8.78 Å². The molecule has 2 aromatic carbocycles. The van der Waals surface area contributed by atoms with Crippen LogP contribution in [0.3, 0.4) is 0 Å². The van der Waals surface area contributed by atoms with Crippen molar-refractivity contribution in [3.8, 4) is 0 Å². The first-order chi connectivity index (χ1) is 10.3. The highest BCUT2D eigenvalue weighted by Gasteiger charge is 2.26. The monoisotopic (exact) mass is 320 g/mol. The minimum Gasteiger partial charge on any atom is -0.211 e. The third kappa shape index (κ3) is 3.75. The van der Waals surface area contributed by atoms with Crippen molar-refractivity contribution in [1.82, 2.24) is 0 Å². The number of benzene rings is 2. The maximum absolute atomic E-state index is 14.6. The summed E-state index contributed by atoms with van der Waals surface area (Å²) < 4.78 is 28.3. The molecule has 0 N–H and O–H groups in total. The van der Waals surface area contributed by atoms with Gasteiger partial charge in [0.25, 0.3) is 0 Å². The Kier molecular flexibility index (Phi) is 5.02. The lowest BCUT2D eigenvalue weighted by Crippen LogP contribution is -2.18.